The molecule has 0 aromatic heterocycles. The van der Waals surface area contributed by atoms with E-state index in [1.165, 1.54) is 0 Å². The molecule has 0 aromatic rings. The van der Waals surface area contributed by atoms with Crippen LogP contribution in [0.25, 0.3) is 0 Å². The van der Waals surface area contributed by atoms with Gasteiger partial charge in [0.25, 0.3) is 0 Å². The minimum absolute atomic E-state index is 0.597. The minimum atomic E-state index is 0.597. The van der Waals surface area contributed by atoms with Gasteiger partial charge in [0.05, 0.1) is 19.0 Å². The lowest BCUT2D eigenvalue weighted by Crippen LogP contribution is -2.41. The number of nitrogens with one attached hydrogen (secondary N) is 1. The Morgan fingerprint density at radius 3 is 3.00 bits per heavy atom. The Morgan fingerprint density at radius 1 is 1.67 bits per heavy atom. The lowest BCUT2D eigenvalue weighted by molar-refractivity contribution is 0.201. The normalized spacial score (nSPS) is 18.4. The van der Waals surface area contributed by atoms with Gasteiger partial charge in [-0.2, -0.15) is 0 Å². The molecule has 1 rings (SSSR count). The number of likely N-dealkylation sites (N-methyl/N-ethyl adjacent to an activating group) is 1. The molecule has 0 unspecified atom stereocenters. The monoisotopic (exact) mass is 165 g/mol. The SMILES string of the molecule is C#CCNC1=CCN(C)CN1C. The van der Waals surface area contributed by atoms with Crippen LogP contribution in [0, 0.1) is 12.3 Å². The number of rotatable bonds is 2. The lowest BCUT2D eigenvalue weighted by atomic mass is 10.4. The van der Waals surface area contributed by atoms with Gasteiger partial charge in [-0.25, -0.2) is 0 Å². The van der Waals surface area contributed by atoms with Crippen molar-refractivity contribution in [2.45, 2.75) is 0 Å². The van der Waals surface area contributed by atoms with Crippen molar-refractivity contribution < 1.29 is 0 Å². The van der Waals surface area contributed by atoms with Crippen LogP contribution in [0.1, 0.15) is 0 Å². The van der Waals surface area contributed by atoms with Crippen molar-refractivity contribution in [2.75, 3.05) is 33.9 Å². The fourth-order valence-corrected chi connectivity index (χ4v) is 1.24. The molecular weight excluding hydrogens is 150 g/mol. The molecule has 0 radical (unpaired) electrons. The highest BCUT2D eigenvalue weighted by molar-refractivity contribution is 5.05. The van der Waals surface area contributed by atoms with Crippen molar-refractivity contribution in [2.24, 2.45) is 0 Å². The molecule has 0 amide bonds. The molecule has 0 saturated heterocycles. The number of terminal acetylenes is 1. The van der Waals surface area contributed by atoms with Crippen LogP contribution in [0.2, 0.25) is 0 Å². The van der Waals surface area contributed by atoms with E-state index in [0.29, 0.717) is 6.54 Å². The van der Waals surface area contributed by atoms with E-state index in [1.54, 1.807) is 0 Å². The van der Waals surface area contributed by atoms with Gasteiger partial charge in [-0.1, -0.05) is 5.92 Å². The topological polar surface area (TPSA) is 18.5 Å². The van der Waals surface area contributed by atoms with Gasteiger partial charge >= 0.3 is 0 Å². The summed E-state index contributed by atoms with van der Waals surface area (Å²) in [7, 11) is 4.13. The minimum Gasteiger partial charge on any atom is -0.361 e. The lowest BCUT2D eigenvalue weighted by Gasteiger charge is -2.32. The Labute approximate surface area is 74.0 Å². The zero-order valence-electron chi connectivity index (χ0n) is 7.67. The average molecular weight is 165 g/mol. The predicted octanol–water partition coefficient (Wildman–Crippen LogP) is -0.115. The summed E-state index contributed by atoms with van der Waals surface area (Å²) in [6, 6.07) is 0. The highest BCUT2D eigenvalue weighted by atomic mass is 15.3. The second-order valence-electron chi connectivity index (χ2n) is 3.03. The fourth-order valence-electron chi connectivity index (χ4n) is 1.24. The average Bonchev–Trinajstić information content (AvgIpc) is 2.03. The molecule has 3 heteroatoms. The second kappa shape index (κ2) is 4.03. The van der Waals surface area contributed by atoms with E-state index in [4.69, 9.17) is 6.42 Å². The Morgan fingerprint density at radius 2 is 2.42 bits per heavy atom. The van der Waals surface area contributed by atoms with Gasteiger partial charge in [0.15, 0.2) is 0 Å². The molecule has 66 valence electrons. The molecule has 12 heavy (non-hydrogen) atoms. The molecule has 1 aliphatic rings. The van der Waals surface area contributed by atoms with Crippen molar-refractivity contribution in [3.05, 3.63) is 11.9 Å². The van der Waals surface area contributed by atoms with E-state index in [-0.39, 0.29) is 0 Å². The van der Waals surface area contributed by atoms with Crippen LogP contribution in [0.4, 0.5) is 0 Å². The quantitative estimate of drug-likeness (QED) is 0.576. The number of hydrogen-bond acceptors (Lipinski definition) is 3. The van der Waals surface area contributed by atoms with Crippen molar-refractivity contribution in [3.63, 3.8) is 0 Å². The summed E-state index contributed by atoms with van der Waals surface area (Å²) >= 11 is 0. The number of hydrogen-bond donors (Lipinski definition) is 1. The van der Waals surface area contributed by atoms with Gasteiger partial charge in [-0.15, -0.1) is 6.42 Å². The first-order valence-electron chi connectivity index (χ1n) is 4.01. The highest BCUT2D eigenvalue weighted by Crippen LogP contribution is 2.04. The van der Waals surface area contributed by atoms with Crippen LogP contribution in [0.5, 0.6) is 0 Å². The summed E-state index contributed by atoms with van der Waals surface area (Å²) in [5, 5.41) is 3.17. The summed E-state index contributed by atoms with van der Waals surface area (Å²) in [4.78, 5) is 4.36. The van der Waals surface area contributed by atoms with Crippen molar-refractivity contribution in [3.8, 4) is 12.3 Å². The van der Waals surface area contributed by atoms with Crippen LogP contribution in [-0.4, -0.2) is 43.7 Å². The first kappa shape index (κ1) is 8.95. The summed E-state index contributed by atoms with van der Waals surface area (Å²) in [5.74, 6) is 3.69. The summed E-state index contributed by atoms with van der Waals surface area (Å²) in [6.45, 7) is 2.53. The largest absolute Gasteiger partial charge is 0.361 e. The van der Waals surface area contributed by atoms with Crippen LogP contribution in [-0.2, 0) is 0 Å². The van der Waals surface area contributed by atoms with E-state index in [1.807, 2.05) is 7.05 Å². The van der Waals surface area contributed by atoms with E-state index in [2.05, 4.69) is 34.2 Å². The molecule has 3 nitrogen and oxygen atoms in total. The van der Waals surface area contributed by atoms with Gasteiger partial charge in [0.2, 0.25) is 0 Å². The standard InChI is InChI=1S/C9H15N3/c1-4-6-10-9-5-7-11(2)8-12(9)3/h1,5,10H,6-8H2,2-3H3. The smallest absolute Gasteiger partial charge is 0.1000 e. The molecule has 0 aromatic carbocycles. The summed E-state index contributed by atoms with van der Waals surface area (Å²) < 4.78 is 0. The van der Waals surface area contributed by atoms with Crippen molar-refractivity contribution in [1.82, 2.24) is 15.1 Å². The van der Waals surface area contributed by atoms with Gasteiger partial charge in [0.1, 0.15) is 0 Å². The molecule has 1 N–H and O–H groups in total. The van der Waals surface area contributed by atoms with Gasteiger partial charge in [0, 0.05) is 13.6 Å². The Hall–Kier alpha value is -1.14. The maximum atomic E-state index is 5.15. The molecule has 1 aliphatic heterocycles. The van der Waals surface area contributed by atoms with Crippen molar-refractivity contribution >= 4 is 0 Å². The van der Waals surface area contributed by atoms with Gasteiger partial charge in [-0.05, 0) is 13.1 Å². The third-order valence-corrected chi connectivity index (χ3v) is 1.83. The van der Waals surface area contributed by atoms with Gasteiger partial charge < -0.3 is 10.2 Å². The predicted molar refractivity (Wildman–Crippen MR) is 50.2 cm³/mol. The summed E-state index contributed by atoms with van der Waals surface area (Å²) in [6.07, 6.45) is 7.29. The molecule has 0 aliphatic carbocycles. The van der Waals surface area contributed by atoms with E-state index in [9.17, 15) is 0 Å². The first-order valence-corrected chi connectivity index (χ1v) is 4.01. The Bertz CT molecular complexity index is 214. The molecule has 0 atom stereocenters. The van der Waals surface area contributed by atoms with Crippen LogP contribution in [0.15, 0.2) is 11.9 Å². The first-order chi connectivity index (χ1) is 5.74. The third kappa shape index (κ3) is 2.18. The zero-order valence-corrected chi connectivity index (χ0v) is 7.67. The maximum absolute atomic E-state index is 5.15. The molecule has 0 bridgehead atoms. The maximum Gasteiger partial charge on any atom is 0.1000 e. The second-order valence-corrected chi connectivity index (χ2v) is 3.03. The van der Waals surface area contributed by atoms with Crippen molar-refractivity contribution in [1.29, 1.82) is 0 Å². The molecule has 0 spiro atoms. The van der Waals surface area contributed by atoms with Crippen LogP contribution < -0.4 is 5.32 Å². The van der Waals surface area contributed by atoms with E-state index < -0.39 is 0 Å². The molecule has 1 heterocycles. The van der Waals surface area contributed by atoms with E-state index in [0.717, 1.165) is 19.0 Å². The van der Waals surface area contributed by atoms with Crippen LogP contribution >= 0.6 is 0 Å². The Balaban J connectivity index is 2.47. The van der Waals surface area contributed by atoms with Crippen LogP contribution in [0.3, 0.4) is 0 Å². The number of nitrogens with zero attached hydrogens (tertiary/aromatic N) is 2. The molecular formula is C9H15N3. The molecule has 0 fully saturated rings. The fraction of sp³-hybridized carbons (Fsp3) is 0.556. The highest BCUT2D eigenvalue weighted by Gasteiger charge is 2.11. The summed E-state index contributed by atoms with van der Waals surface area (Å²) in [5.41, 5.74) is 0. The third-order valence-electron chi connectivity index (χ3n) is 1.83. The molecule has 0 saturated carbocycles. The van der Waals surface area contributed by atoms with E-state index >= 15 is 0 Å². The van der Waals surface area contributed by atoms with Gasteiger partial charge in [-0.3, -0.25) is 4.90 Å². The Kier molecular flexibility index (Phi) is 3.01. The zero-order chi connectivity index (χ0) is 8.97.